The molecule has 1 saturated carbocycles. The van der Waals surface area contributed by atoms with E-state index in [0.717, 1.165) is 15.8 Å². The summed E-state index contributed by atoms with van der Waals surface area (Å²) in [7, 11) is 0. The Hall–Kier alpha value is -0.380. The number of alkyl halides is 1. The van der Waals surface area contributed by atoms with Gasteiger partial charge in [-0.1, -0.05) is 39.8 Å². The van der Waals surface area contributed by atoms with E-state index in [1.54, 1.807) is 11.1 Å². The van der Waals surface area contributed by atoms with E-state index < -0.39 is 0 Å². The van der Waals surface area contributed by atoms with Gasteiger partial charge in [-0.15, -0.1) is 0 Å². The van der Waals surface area contributed by atoms with E-state index >= 15 is 0 Å². The maximum absolute atomic E-state index is 2.71. The van der Waals surface area contributed by atoms with E-state index in [1.165, 1.54) is 19.3 Å². The molecular weight excluding hydrogens is 333 g/mol. The molecule has 1 heterocycles. The minimum absolute atomic E-state index is 0.695. The summed E-state index contributed by atoms with van der Waals surface area (Å²) < 4.78 is 3.21. The van der Waals surface area contributed by atoms with Crippen LogP contribution in [0, 0.1) is 11.8 Å². The lowest BCUT2D eigenvalue weighted by molar-refractivity contribution is -0.720. The highest BCUT2D eigenvalue weighted by atomic mass is 127. The standard InChI is InChI=1S/C16H21IN/c1-11-8-13-10-15(18-6-4-3-5-7-18)16(17)14(13)9-12(11)2/h3-7,13-16H,8-10H2,1-2H3/q+1/t13-,14+,15-,16-/m0/s1. The van der Waals surface area contributed by atoms with Crippen LogP contribution in [0.4, 0.5) is 0 Å². The minimum Gasteiger partial charge on any atom is -0.201 e. The summed E-state index contributed by atoms with van der Waals surface area (Å²) in [5, 5.41) is 0. The zero-order valence-corrected chi connectivity index (χ0v) is 13.3. The molecule has 18 heavy (non-hydrogen) atoms. The molecule has 2 aliphatic rings. The van der Waals surface area contributed by atoms with E-state index in [4.69, 9.17) is 0 Å². The summed E-state index contributed by atoms with van der Waals surface area (Å²) in [5.74, 6) is 1.81. The third-order valence-corrected chi connectivity index (χ3v) is 6.64. The highest BCUT2D eigenvalue weighted by molar-refractivity contribution is 14.1. The zero-order valence-electron chi connectivity index (χ0n) is 11.1. The van der Waals surface area contributed by atoms with Crippen LogP contribution in [0.25, 0.3) is 0 Å². The van der Waals surface area contributed by atoms with Gasteiger partial charge in [0.2, 0.25) is 0 Å². The fourth-order valence-corrected chi connectivity index (χ4v) is 5.20. The Morgan fingerprint density at radius 3 is 2.44 bits per heavy atom. The lowest BCUT2D eigenvalue weighted by atomic mass is 9.79. The van der Waals surface area contributed by atoms with Crippen LogP contribution in [0.2, 0.25) is 0 Å². The first-order chi connectivity index (χ1) is 8.66. The molecule has 0 radical (unpaired) electrons. The first-order valence-corrected chi connectivity index (χ1v) is 8.16. The van der Waals surface area contributed by atoms with Crippen LogP contribution in [0.15, 0.2) is 41.7 Å². The summed E-state index contributed by atoms with van der Waals surface area (Å²) in [6.07, 6.45) is 8.49. The quantitative estimate of drug-likeness (QED) is 0.310. The highest BCUT2D eigenvalue weighted by Crippen LogP contribution is 2.50. The maximum Gasteiger partial charge on any atom is 0.170 e. The second-order valence-electron chi connectivity index (χ2n) is 5.96. The number of rotatable bonds is 1. The van der Waals surface area contributed by atoms with Gasteiger partial charge in [-0.05, 0) is 38.5 Å². The van der Waals surface area contributed by atoms with Crippen LogP contribution in [-0.4, -0.2) is 3.92 Å². The van der Waals surface area contributed by atoms with E-state index in [9.17, 15) is 0 Å². The molecule has 0 aromatic carbocycles. The molecule has 4 atom stereocenters. The summed E-state index contributed by atoms with van der Waals surface area (Å²) >= 11 is 2.71. The van der Waals surface area contributed by atoms with Crippen molar-refractivity contribution in [3.8, 4) is 0 Å². The molecule has 2 heteroatoms. The fraction of sp³-hybridized carbons (Fsp3) is 0.562. The monoisotopic (exact) mass is 354 g/mol. The second-order valence-corrected chi connectivity index (χ2v) is 7.40. The number of nitrogens with zero attached hydrogens (tertiary/aromatic N) is 1. The largest absolute Gasteiger partial charge is 0.201 e. The first-order valence-electron chi connectivity index (χ1n) is 6.92. The molecule has 1 aromatic heterocycles. The average Bonchev–Trinajstić information content (AvgIpc) is 2.69. The summed E-state index contributed by atoms with van der Waals surface area (Å²) in [5.41, 5.74) is 3.30. The lowest BCUT2D eigenvalue weighted by Crippen LogP contribution is -2.41. The van der Waals surface area contributed by atoms with Crippen LogP contribution < -0.4 is 4.57 Å². The molecule has 0 bridgehead atoms. The lowest BCUT2D eigenvalue weighted by Gasteiger charge is -2.28. The zero-order chi connectivity index (χ0) is 12.7. The van der Waals surface area contributed by atoms with Crippen molar-refractivity contribution in [3.63, 3.8) is 0 Å². The number of pyridine rings is 1. The van der Waals surface area contributed by atoms with E-state index in [-0.39, 0.29) is 0 Å². The van der Waals surface area contributed by atoms with Crippen LogP contribution >= 0.6 is 22.6 Å². The predicted octanol–water partition coefficient (Wildman–Crippen LogP) is 4.09. The normalized spacial score (nSPS) is 35.7. The molecular formula is C16H21IN+. The second kappa shape index (κ2) is 4.95. The Bertz CT molecular complexity index is 465. The van der Waals surface area contributed by atoms with Gasteiger partial charge in [0.05, 0.1) is 3.92 Å². The van der Waals surface area contributed by atoms with Gasteiger partial charge in [-0.25, -0.2) is 4.57 Å². The van der Waals surface area contributed by atoms with Crippen molar-refractivity contribution in [2.75, 3.05) is 0 Å². The maximum atomic E-state index is 2.71. The molecule has 3 rings (SSSR count). The smallest absolute Gasteiger partial charge is 0.170 e. The Morgan fingerprint density at radius 1 is 1.06 bits per heavy atom. The van der Waals surface area contributed by atoms with Gasteiger partial charge in [0.15, 0.2) is 18.4 Å². The summed E-state index contributed by atoms with van der Waals surface area (Å²) in [6, 6.07) is 7.11. The number of allylic oxidation sites excluding steroid dienone is 2. The van der Waals surface area contributed by atoms with Crippen LogP contribution in [0.1, 0.15) is 39.2 Å². The number of fused-ring (bicyclic) bond motifs is 1. The number of halogens is 1. The Morgan fingerprint density at radius 2 is 1.72 bits per heavy atom. The van der Waals surface area contributed by atoms with Crippen molar-refractivity contribution in [1.29, 1.82) is 0 Å². The first kappa shape index (κ1) is 12.6. The number of hydrogen-bond acceptors (Lipinski definition) is 0. The molecule has 0 amide bonds. The average molecular weight is 354 g/mol. The van der Waals surface area contributed by atoms with E-state index in [1.807, 2.05) is 0 Å². The van der Waals surface area contributed by atoms with Crippen LogP contribution in [0.3, 0.4) is 0 Å². The molecule has 1 fully saturated rings. The van der Waals surface area contributed by atoms with Gasteiger partial charge >= 0.3 is 0 Å². The third-order valence-electron chi connectivity index (χ3n) is 4.89. The van der Waals surface area contributed by atoms with Gasteiger partial charge in [0.25, 0.3) is 0 Å². The molecule has 0 unspecified atom stereocenters. The minimum atomic E-state index is 0.695. The third kappa shape index (κ3) is 2.13. The van der Waals surface area contributed by atoms with Gasteiger partial charge in [0, 0.05) is 18.6 Å². The predicted molar refractivity (Wildman–Crippen MR) is 82.7 cm³/mol. The molecule has 1 aromatic rings. The van der Waals surface area contributed by atoms with E-state index in [2.05, 4.69) is 71.6 Å². The number of hydrogen-bond donors (Lipinski definition) is 0. The van der Waals surface area contributed by atoms with Gasteiger partial charge in [0.1, 0.15) is 0 Å². The van der Waals surface area contributed by atoms with Crippen molar-refractivity contribution < 1.29 is 4.57 Å². The molecule has 0 aliphatic heterocycles. The summed E-state index contributed by atoms with van der Waals surface area (Å²) in [6.45, 7) is 4.66. The molecule has 0 spiro atoms. The SMILES string of the molecule is CC1=C(C)C[C@@H]2[C@@H](C1)C[C@H]([n+]1ccccc1)[C@H]2I. The van der Waals surface area contributed by atoms with Crippen molar-refractivity contribution in [2.45, 2.75) is 43.1 Å². The fourth-order valence-electron chi connectivity index (χ4n) is 3.69. The van der Waals surface area contributed by atoms with E-state index in [0.29, 0.717) is 6.04 Å². The van der Waals surface area contributed by atoms with Crippen molar-refractivity contribution >= 4 is 22.6 Å². The topological polar surface area (TPSA) is 3.88 Å². The molecule has 96 valence electrons. The Balaban J connectivity index is 1.84. The van der Waals surface area contributed by atoms with Crippen molar-refractivity contribution in [3.05, 3.63) is 41.7 Å². The highest BCUT2D eigenvalue weighted by Gasteiger charge is 2.47. The molecule has 0 saturated heterocycles. The van der Waals surface area contributed by atoms with Crippen LogP contribution in [0.5, 0.6) is 0 Å². The van der Waals surface area contributed by atoms with Crippen molar-refractivity contribution in [2.24, 2.45) is 11.8 Å². The molecule has 2 aliphatic carbocycles. The molecule has 0 N–H and O–H groups in total. The van der Waals surface area contributed by atoms with Gasteiger partial charge in [-0.2, -0.15) is 0 Å². The Labute approximate surface area is 123 Å². The Kier molecular flexibility index (Phi) is 3.48. The summed E-state index contributed by atoms with van der Waals surface area (Å²) in [4.78, 5) is 0. The molecule has 1 nitrogen and oxygen atoms in total. The van der Waals surface area contributed by atoms with Crippen LogP contribution in [-0.2, 0) is 0 Å². The van der Waals surface area contributed by atoms with Crippen molar-refractivity contribution in [1.82, 2.24) is 0 Å². The van der Waals surface area contributed by atoms with Gasteiger partial charge in [-0.3, -0.25) is 0 Å². The van der Waals surface area contributed by atoms with Gasteiger partial charge < -0.3 is 0 Å². The number of aromatic nitrogens is 1.